The molecule has 6 unspecified atom stereocenters. The average Bonchev–Trinajstić information content (AvgIpc) is 3.11. The Hall–Kier alpha value is -0.660. The Morgan fingerprint density at radius 1 is 0.588 bits per heavy atom. The normalized spacial score (nSPS) is 24.6. The Kier molecular flexibility index (Phi) is 28.1. The summed E-state index contributed by atoms with van der Waals surface area (Å²) in [5.41, 5.74) is 0. The van der Waals surface area contributed by atoms with E-state index in [2.05, 4.69) is 19.2 Å². The van der Waals surface area contributed by atoms with Crippen molar-refractivity contribution in [3.63, 3.8) is 0 Å². The molecule has 304 valence electrons. The minimum Gasteiger partial charge on any atom is -0.391 e. The number of aliphatic hydroxyl groups is 6. The number of hydrogen-bond acceptors (Lipinski definition) is 10. The fourth-order valence-corrected chi connectivity index (χ4v) is 7.70. The lowest BCUT2D eigenvalue weighted by Gasteiger charge is -2.41. The zero-order valence-electron chi connectivity index (χ0n) is 31.9. The highest BCUT2D eigenvalue weighted by Crippen LogP contribution is 2.47. The van der Waals surface area contributed by atoms with Gasteiger partial charge in [-0.2, -0.15) is 0 Å². The van der Waals surface area contributed by atoms with Crippen LogP contribution in [0.15, 0.2) is 0 Å². The van der Waals surface area contributed by atoms with Gasteiger partial charge in [-0.05, 0) is 12.8 Å². The molecule has 0 spiro atoms. The number of amides is 1. The number of rotatable bonds is 33. The van der Waals surface area contributed by atoms with Crippen LogP contribution in [-0.2, 0) is 18.4 Å². The van der Waals surface area contributed by atoms with Gasteiger partial charge in [0.1, 0.15) is 36.6 Å². The standard InChI is InChI=1S/C38H76NO11P/c1-3-5-7-9-11-13-14-15-16-17-18-20-21-23-25-27-31(40)30(39-32(41)28-26-24-22-19-12-10-8-6-4-2)29-49-51(47,48)50-38-36(45)34(43)33(42)35(44)37(38)46/h30-31,33-38,40,42-46H,3-29H2,1-2H3,(H,39,41)(H,47,48)/t30-,31+,33?,34+,35?,36?,37?,38?/m0/s1. The van der Waals surface area contributed by atoms with Gasteiger partial charge in [-0.1, -0.05) is 162 Å². The summed E-state index contributed by atoms with van der Waals surface area (Å²) in [6.07, 6.45) is 15.8. The largest absolute Gasteiger partial charge is 0.472 e. The molecule has 1 saturated carbocycles. The number of hydrogen-bond donors (Lipinski definition) is 8. The Balaban J connectivity index is 2.52. The summed E-state index contributed by atoms with van der Waals surface area (Å²) in [6.45, 7) is 3.84. The van der Waals surface area contributed by atoms with Crippen LogP contribution in [0.1, 0.15) is 181 Å². The number of nitrogens with one attached hydrogen (secondary N) is 1. The van der Waals surface area contributed by atoms with Crippen molar-refractivity contribution in [3.8, 4) is 0 Å². The van der Waals surface area contributed by atoms with E-state index in [0.717, 1.165) is 38.5 Å². The minimum atomic E-state index is -5.04. The molecule has 51 heavy (non-hydrogen) atoms. The molecule has 1 rings (SSSR count). The molecule has 12 nitrogen and oxygen atoms in total. The molecule has 13 heteroatoms. The number of carbonyl (C=O) groups excluding carboxylic acids is 1. The Bertz CT molecular complexity index is 884. The maximum atomic E-state index is 12.8. The third-order valence-electron chi connectivity index (χ3n) is 10.2. The van der Waals surface area contributed by atoms with Crippen molar-refractivity contribution in [1.29, 1.82) is 0 Å². The summed E-state index contributed by atoms with van der Waals surface area (Å²) in [6, 6.07) is -1.02. The molecular formula is C38H76NO11P. The summed E-state index contributed by atoms with van der Waals surface area (Å²) in [5.74, 6) is -0.311. The highest BCUT2D eigenvalue weighted by atomic mass is 31.2. The first-order valence-corrected chi connectivity index (χ1v) is 22.0. The van der Waals surface area contributed by atoms with Gasteiger partial charge < -0.3 is 40.8 Å². The topological polar surface area (TPSA) is 206 Å². The summed E-state index contributed by atoms with van der Waals surface area (Å²) < 4.78 is 22.8. The SMILES string of the molecule is CCCCCCCCCCCCCCCCC[C@@H](O)[C@H](COP(=O)(O)OC1C(O)C(O)C(O)[C@@H](O)C1O)NC(=O)CCCCCCCCCCC. The lowest BCUT2D eigenvalue weighted by Crippen LogP contribution is -2.64. The lowest BCUT2D eigenvalue weighted by molar-refractivity contribution is -0.220. The van der Waals surface area contributed by atoms with Crippen LogP contribution in [0.5, 0.6) is 0 Å². The van der Waals surface area contributed by atoms with E-state index in [1.165, 1.54) is 103 Å². The molecule has 1 amide bonds. The van der Waals surface area contributed by atoms with E-state index >= 15 is 0 Å². The lowest BCUT2D eigenvalue weighted by atomic mass is 9.85. The average molecular weight is 754 g/mol. The maximum Gasteiger partial charge on any atom is 0.472 e. The van der Waals surface area contributed by atoms with Crippen LogP contribution in [0.3, 0.4) is 0 Å². The first-order chi connectivity index (χ1) is 24.4. The van der Waals surface area contributed by atoms with Crippen molar-refractivity contribution < 1.29 is 53.9 Å². The molecule has 0 aromatic rings. The molecule has 1 fully saturated rings. The van der Waals surface area contributed by atoms with Gasteiger partial charge in [-0.3, -0.25) is 13.8 Å². The van der Waals surface area contributed by atoms with Crippen LogP contribution in [0.2, 0.25) is 0 Å². The maximum absolute atomic E-state index is 12.8. The zero-order valence-corrected chi connectivity index (χ0v) is 32.8. The third kappa shape index (κ3) is 22.3. The van der Waals surface area contributed by atoms with Crippen LogP contribution in [0.25, 0.3) is 0 Å². The van der Waals surface area contributed by atoms with Crippen LogP contribution < -0.4 is 5.32 Å². The van der Waals surface area contributed by atoms with Crippen molar-refractivity contribution in [2.45, 2.75) is 230 Å². The number of phosphoric acid groups is 1. The molecule has 8 N–H and O–H groups in total. The molecule has 1 aliphatic carbocycles. The summed E-state index contributed by atoms with van der Waals surface area (Å²) >= 11 is 0. The Morgan fingerprint density at radius 2 is 0.941 bits per heavy atom. The highest BCUT2D eigenvalue weighted by Gasteiger charge is 2.51. The molecule has 0 bridgehead atoms. The molecule has 9 atom stereocenters. The minimum absolute atomic E-state index is 0.240. The van der Waals surface area contributed by atoms with Crippen molar-refractivity contribution in [2.24, 2.45) is 0 Å². The second kappa shape index (κ2) is 29.7. The second-order valence-corrected chi connectivity index (χ2v) is 16.3. The fraction of sp³-hybridized carbons (Fsp3) is 0.974. The van der Waals surface area contributed by atoms with Gasteiger partial charge in [-0.25, -0.2) is 4.57 Å². The van der Waals surface area contributed by atoms with E-state index in [1.54, 1.807) is 0 Å². The van der Waals surface area contributed by atoms with Crippen LogP contribution in [0, 0.1) is 0 Å². The summed E-state index contributed by atoms with van der Waals surface area (Å²) in [7, 11) is -5.04. The van der Waals surface area contributed by atoms with E-state index in [9.17, 15) is 44.9 Å². The van der Waals surface area contributed by atoms with Gasteiger partial charge in [0.05, 0.1) is 18.8 Å². The molecule has 0 heterocycles. The quantitative estimate of drug-likeness (QED) is 0.0274. The number of carbonyl (C=O) groups is 1. The Morgan fingerprint density at radius 3 is 1.35 bits per heavy atom. The summed E-state index contributed by atoms with van der Waals surface area (Å²) in [4.78, 5) is 23.2. The monoisotopic (exact) mass is 754 g/mol. The molecular weight excluding hydrogens is 677 g/mol. The third-order valence-corrected chi connectivity index (χ3v) is 11.2. The van der Waals surface area contributed by atoms with Crippen LogP contribution in [0.4, 0.5) is 0 Å². The van der Waals surface area contributed by atoms with E-state index in [1.807, 2.05) is 0 Å². The molecule has 0 aliphatic heterocycles. The van der Waals surface area contributed by atoms with Gasteiger partial charge in [0.25, 0.3) is 0 Å². The fourth-order valence-electron chi connectivity index (χ4n) is 6.73. The van der Waals surface area contributed by atoms with Gasteiger partial charge in [0.15, 0.2) is 0 Å². The Labute approximate surface area is 308 Å². The van der Waals surface area contributed by atoms with E-state index in [0.29, 0.717) is 19.3 Å². The molecule has 0 radical (unpaired) electrons. The first kappa shape index (κ1) is 48.4. The number of unbranched alkanes of at least 4 members (excludes halogenated alkanes) is 22. The predicted octanol–water partition coefficient (Wildman–Crippen LogP) is 6.33. The number of phosphoric ester groups is 1. The van der Waals surface area contributed by atoms with Gasteiger partial charge in [0, 0.05) is 6.42 Å². The van der Waals surface area contributed by atoms with Crippen molar-refractivity contribution in [3.05, 3.63) is 0 Å². The van der Waals surface area contributed by atoms with Gasteiger partial charge >= 0.3 is 7.82 Å². The first-order valence-electron chi connectivity index (χ1n) is 20.5. The van der Waals surface area contributed by atoms with Crippen LogP contribution >= 0.6 is 7.82 Å². The van der Waals surface area contributed by atoms with Gasteiger partial charge in [-0.15, -0.1) is 0 Å². The zero-order chi connectivity index (χ0) is 37.9. The second-order valence-electron chi connectivity index (χ2n) is 14.8. The van der Waals surface area contributed by atoms with Crippen molar-refractivity contribution >= 4 is 13.7 Å². The molecule has 0 aromatic carbocycles. The van der Waals surface area contributed by atoms with Crippen molar-refractivity contribution in [1.82, 2.24) is 5.32 Å². The van der Waals surface area contributed by atoms with E-state index in [4.69, 9.17) is 9.05 Å². The van der Waals surface area contributed by atoms with E-state index in [-0.39, 0.29) is 12.3 Å². The summed E-state index contributed by atoms with van der Waals surface area (Å²) in [5, 5.41) is 63.8. The predicted molar refractivity (Wildman–Crippen MR) is 200 cm³/mol. The molecule has 1 aliphatic rings. The van der Waals surface area contributed by atoms with Crippen LogP contribution in [-0.4, -0.2) is 96.8 Å². The molecule has 0 aromatic heterocycles. The van der Waals surface area contributed by atoms with Gasteiger partial charge in [0.2, 0.25) is 5.91 Å². The smallest absolute Gasteiger partial charge is 0.391 e. The van der Waals surface area contributed by atoms with Crippen molar-refractivity contribution in [2.75, 3.05) is 6.61 Å². The number of aliphatic hydroxyl groups excluding tert-OH is 6. The van der Waals surface area contributed by atoms with E-state index < -0.39 is 63.2 Å². The highest BCUT2D eigenvalue weighted by molar-refractivity contribution is 7.47. The molecule has 0 saturated heterocycles.